The summed E-state index contributed by atoms with van der Waals surface area (Å²) in [6.07, 6.45) is 0. The summed E-state index contributed by atoms with van der Waals surface area (Å²) in [7, 11) is 0. The Hall–Kier alpha value is -3.08. The normalized spacial score (nSPS) is 14.3. The highest BCUT2D eigenvalue weighted by Crippen LogP contribution is 2.26. The monoisotopic (exact) mass is 521 g/mol. The average Bonchev–Trinajstić information content (AvgIpc) is 2.89. The molecule has 1 heterocycles. The van der Waals surface area contributed by atoms with Gasteiger partial charge in [0.2, 0.25) is 0 Å². The molecule has 0 radical (unpaired) electrons. The number of nitrogens with one attached hydrogen (secondary N) is 1. The van der Waals surface area contributed by atoms with Crippen LogP contribution >= 0.6 is 23.2 Å². The maximum Gasteiger partial charge on any atom is 0.326 e. The molecule has 0 unspecified atom stereocenters. The lowest BCUT2D eigenvalue weighted by Crippen LogP contribution is -2.49. The van der Waals surface area contributed by atoms with E-state index in [4.69, 9.17) is 23.2 Å². The number of benzene rings is 3. The maximum atomic E-state index is 13.4. The third-order valence-corrected chi connectivity index (χ3v) is 6.85. The molecular weight excluding hydrogens is 493 g/mol. The molecule has 8 heteroatoms. The highest BCUT2D eigenvalue weighted by molar-refractivity contribution is 6.35. The Morgan fingerprint density at radius 3 is 2.25 bits per heavy atom. The Bertz CT molecular complexity index is 1210. The number of nitriles is 1. The van der Waals surface area contributed by atoms with Crippen molar-refractivity contribution in [2.45, 2.75) is 6.92 Å². The summed E-state index contributed by atoms with van der Waals surface area (Å²) >= 11 is 12.3. The second-order valence-electron chi connectivity index (χ2n) is 8.76. The molecule has 1 aliphatic rings. The van der Waals surface area contributed by atoms with Crippen molar-refractivity contribution in [2.24, 2.45) is 0 Å². The molecule has 6 nitrogen and oxygen atoms in total. The standard InChI is InChI=1S/C28H29Cl2N5O/c1-2-33-10-12-34(13-11-33)14-15-35(28(36)32-26-18-24(29)17-25(30)19-26)27-8-6-22(7-9-27)23-5-3-4-21(16-23)20-31/h3-9,16-19H,2,10-15H2,1H3,(H,32,36). The zero-order chi connectivity index (χ0) is 25.5. The van der Waals surface area contributed by atoms with Gasteiger partial charge in [-0.1, -0.05) is 54.4 Å². The first-order valence-corrected chi connectivity index (χ1v) is 12.8. The van der Waals surface area contributed by atoms with Crippen LogP contribution in [0.1, 0.15) is 12.5 Å². The van der Waals surface area contributed by atoms with Crippen LogP contribution in [0, 0.1) is 11.3 Å². The summed E-state index contributed by atoms with van der Waals surface area (Å²) in [4.78, 5) is 20.0. The van der Waals surface area contributed by atoms with Crippen LogP contribution in [0.4, 0.5) is 16.2 Å². The number of hydrogen-bond donors (Lipinski definition) is 1. The van der Waals surface area contributed by atoms with Crippen LogP contribution in [0.15, 0.2) is 66.7 Å². The predicted octanol–water partition coefficient (Wildman–Crippen LogP) is 6.21. The third kappa shape index (κ3) is 6.77. The van der Waals surface area contributed by atoms with Gasteiger partial charge in [0, 0.05) is 60.7 Å². The zero-order valence-corrected chi connectivity index (χ0v) is 21.8. The lowest BCUT2D eigenvalue weighted by Gasteiger charge is -2.35. The second kappa shape index (κ2) is 12.2. The molecule has 2 amide bonds. The molecule has 1 aliphatic heterocycles. The van der Waals surface area contributed by atoms with Crippen molar-refractivity contribution in [3.8, 4) is 17.2 Å². The number of urea groups is 1. The number of hydrogen-bond acceptors (Lipinski definition) is 4. The van der Waals surface area contributed by atoms with Crippen molar-refractivity contribution >= 4 is 40.6 Å². The van der Waals surface area contributed by atoms with Crippen LogP contribution in [-0.2, 0) is 0 Å². The summed E-state index contributed by atoms with van der Waals surface area (Å²) in [6, 6.07) is 22.2. The van der Waals surface area contributed by atoms with Crippen molar-refractivity contribution in [1.29, 1.82) is 5.26 Å². The van der Waals surface area contributed by atoms with Crippen LogP contribution in [0.5, 0.6) is 0 Å². The minimum Gasteiger partial charge on any atom is -0.307 e. The molecule has 1 saturated heterocycles. The van der Waals surface area contributed by atoms with E-state index in [0.29, 0.717) is 27.8 Å². The Morgan fingerprint density at radius 2 is 1.61 bits per heavy atom. The van der Waals surface area contributed by atoms with E-state index >= 15 is 0 Å². The van der Waals surface area contributed by atoms with Gasteiger partial charge in [-0.15, -0.1) is 0 Å². The van der Waals surface area contributed by atoms with Gasteiger partial charge in [0.05, 0.1) is 11.6 Å². The van der Waals surface area contributed by atoms with E-state index in [0.717, 1.165) is 56.1 Å². The lowest BCUT2D eigenvalue weighted by molar-refractivity contribution is 0.140. The number of amides is 2. The van der Waals surface area contributed by atoms with E-state index in [-0.39, 0.29) is 6.03 Å². The van der Waals surface area contributed by atoms with Gasteiger partial charge in [0.15, 0.2) is 0 Å². The SMILES string of the molecule is CCN1CCN(CCN(C(=O)Nc2cc(Cl)cc(Cl)c2)c2ccc(-c3cccc(C#N)c3)cc2)CC1. The molecule has 0 spiro atoms. The molecule has 0 saturated carbocycles. The van der Waals surface area contributed by atoms with Crippen LogP contribution in [-0.4, -0.2) is 61.6 Å². The van der Waals surface area contributed by atoms with E-state index in [1.165, 1.54) is 0 Å². The summed E-state index contributed by atoms with van der Waals surface area (Å²) in [6.45, 7) is 8.62. The quantitative estimate of drug-likeness (QED) is 0.401. The molecule has 0 aromatic heterocycles. The van der Waals surface area contributed by atoms with Crippen LogP contribution in [0.25, 0.3) is 11.1 Å². The Morgan fingerprint density at radius 1 is 0.944 bits per heavy atom. The van der Waals surface area contributed by atoms with Crippen molar-refractivity contribution in [2.75, 3.05) is 56.0 Å². The molecule has 1 fully saturated rings. The second-order valence-corrected chi connectivity index (χ2v) is 9.63. The van der Waals surface area contributed by atoms with Gasteiger partial charge in [-0.25, -0.2) is 4.79 Å². The Kier molecular flexibility index (Phi) is 8.84. The highest BCUT2D eigenvalue weighted by atomic mass is 35.5. The number of piperazine rings is 1. The third-order valence-electron chi connectivity index (χ3n) is 6.41. The molecule has 4 rings (SSSR count). The summed E-state index contributed by atoms with van der Waals surface area (Å²) in [5, 5.41) is 13.1. The van der Waals surface area contributed by atoms with Crippen LogP contribution in [0.3, 0.4) is 0 Å². The average molecular weight is 522 g/mol. The van der Waals surface area contributed by atoms with Gasteiger partial charge in [-0.05, 0) is 60.1 Å². The minimum atomic E-state index is -0.250. The predicted molar refractivity (Wildman–Crippen MR) is 148 cm³/mol. The van der Waals surface area contributed by atoms with E-state index < -0.39 is 0 Å². The fraction of sp³-hybridized carbons (Fsp3) is 0.286. The zero-order valence-electron chi connectivity index (χ0n) is 20.3. The van der Waals surface area contributed by atoms with Crippen molar-refractivity contribution in [1.82, 2.24) is 9.80 Å². The molecule has 186 valence electrons. The highest BCUT2D eigenvalue weighted by Gasteiger charge is 2.20. The van der Waals surface area contributed by atoms with E-state index in [1.807, 2.05) is 42.5 Å². The van der Waals surface area contributed by atoms with Gasteiger partial charge >= 0.3 is 6.03 Å². The lowest BCUT2D eigenvalue weighted by atomic mass is 10.0. The number of carbonyl (C=O) groups excluding carboxylic acids is 1. The largest absolute Gasteiger partial charge is 0.326 e. The molecule has 1 N–H and O–H groups in total. The first kappa shape index (κ1) is 26.0. The Labute approximate surface area is 222 Å². The molecule has 3 aromatic carbocycles. The molecule has 36 heavy (non-hydrogen) atoms. The molecule has 3 aromatic rings. The van der Waals surface area contributed by atoms with Gasteiger partial charge in [0.1, 0.15) is 0 Å². The van der Waals surface area contributed by atoms with Crippen LogP contribution in [0.2, 0.25) is 10.0 Å². The number of anilines is 2. The van der Waals surface area contributed by atoms with Gasteiger partial charge in [-0.3, -0.25) is 9.80 Å². The van der Waals surface area contributed by atoms with Gasteiger partial charge in [-0.2, -0.15) is 5.26 Å². The van der Waals surface area contributed by atoms with E-state index in [2.05, 4.69) is 28.1 Å². The smallest absolute Gasteiger partial charge is 0.307 e. The fourth-order valence-corrected chi connectivity index (χ4v) is 4.86. The molecule has 0 aliphatic carbocycles. The maximum absolute atomic E-state index is 13.4. The fourth-order valence-electron chi connectivity index (χ4n) is 4.34. The van der Waals surface area contributed by atoms with Crippen molar-refractivity contribution in [3.05, 3.63) is 82.3 Å². The number of likely N-dealkylation sites (N-methyl/N-ethyl adjacent to an activating group) is 1. The number of carbonyl (C=O) groups is 1. The summed E-state index contributed by atoms with van der Waals surface area (Å²) in [5.41, 5.74) is 3.88. The van der Waals surface area contributed by atoms with Crippen molar-refractivity contribution in [3.63, 3.8) is 0 Å². The van der Waals surface area contributed by atoms with Gasteiger partial charge < -0.3 is 10.2 Å². The summed E-state index contributed by atoms with van der Waals surface area (Å²) in [5.74, 6) is 0. The van der Waals surface area contributed by atoms with E-state index in [9.17, 15) is 10.1 Å². The number of halogens is 2. The molecule has 0 atom stereocenters. The molecule has 0 bridgehead atoms. The molecular formula is C28H29Cl2N5O. The topological polar surface area (TPSA) is 62.6 Å². The Balaban J connectivity index is 1.53. The van der Waals surface area contributed by atoms with Gasteiger partial charge in [0.25, 0.3) is 0 Å². The summed E-state index contributed by atoms with van der Waals surface area (Å²) < 4.78 is 0. The number of rotatable bonds is 7. The first-order valence-electron chi connectivity index (χ1n) is 12.0. The first-order chi connectivity index (χ1) is 17.4. The van der Waals surface area contributed by atoms with E-state index in [1.54, 1.807) is 29.2 Å². The number of nitrogens with zero attached hydrogens (tertiary/aromatic N) is 4. The minimum absolute atomic E-state index is 0.250. The van der Waals surface area contributed by atoms with Crippen molar-refractivity contribution < 1.29 is 4.79 Å². The van der Waals surface area contributed by atoms with Crippen LogP contribution < -0.4 is 10.2 Å².